The highest BCUT2D eigenvalue weighted by atomic mass is 32.1. The number of para-hydroxylation sites is 3. The van der Waals surface area contributed by atoms with Crippen LogP contribution in [-0.4, -0.2) is 19.5 Å². The van der Waals surface area contributed by atoms with E-state index in [0.29, 0.717) is 11.1 Å². The molecule has 9 aromatic carbocycles. The van der Waals surface area contributed by atoms with E-state index >= 15 is 0 Å². The topological polar surface area (TPSA) is 56.7 Å². The third-order valence-corrected chi connectivity index (χ3v) is 12.6. The Balaban J connectivity index is 1.05. The highest BCUT2D eigenvalue weighted by Crippen LogP contribution is 2.44. The van der Waals surface area contributed by atoms with Gasteiger partial charge in [-0.2, -0.15) is 0 Å². The number of benzene rings is 9. The van der Waals surface area contributed by atoms with Gasteiger partial charge in [0.15, 0.2) is 23.1 Å². The Morgan fingerprint density at radius 3 is 1.97 bits per heavy atom. The highest BCUT2D eigenvalue weighted by Gasteiger charge is 2.22. The fourth-order valence-electron chi connectivity index (χ4n) is 8.59. The first kappa shape index (κ1) is 25.6. The Morgan fingerprint density at radius 1 is 0.429 bits per heavy atom. The van der Waals surface area contributed by atoms with Gasteiger partial charge in [-0.15, -0.1) is 11.3 Å². The number of nitrogens with zero attached hydrogens (tertiary/aromatic N) is 4. The van der Waals surface area contributed by atoms with Crippen molar-refractivity contribution in [2.24, 2.45) is 0 Å². The average molecular weight is 835 g/mol. The standard InChI is InChI=1S/C57H34N4OS/c1-3-14-35(15-4-1)36-28-30-37(31-29-36)40-20-13-27-50-53(40)43-33-32-39(34-51(43)63-50)56-58-55(38-16-5-2-6-17-38)59-57(60-56)45-22-12-26-49-52(45)44-21-11-25-48(54(44)62-49)61-46-23-9-7-18-41(46)42-19-8-10-24-47(42)61/h1-34H/i7D,8D,9D,10D,11D,12D,18D,19D,22D,23D,25D,26D. The molecule has 0 aliphatic heterocycles. The molecule has 0 fully saturated rings. The van der Waals surface area contributed by atoms with E-state index in [1.165, 1.54) is 16.7 Å². The largest absolute Gasteiger partial charge is 0.454 e. The quantitative estimate of drug-likeness (QED) is 0.167. The van der Waals surface area contributed by atoms with Crippen molar-refractivity contribution in [2.75, 3.05) is 0 Å². The van der Waals surface area contributed by atoms with E-state index in [0.717, 1.165) is 42.4 Å². The van der Waals surface area contributed by atoms with Crippen LogP contribution in [0.3, 0.4) is 0 Å². The molecule has 63 heavy (non-hydrogen) atoms. The van der Waals surface area contributed by atoms with Gasteiger partial charge in [0, 0.05) is 58.4 Å². The van der Waals surface area contributed by atoms with Crippen LogP contribution in [0.25, 0.3) is 126 Å². The monoisotopic (exact) mass is 834 g/mol. The van der Waals surface area contributed by atoms with Gasteiger partial charge in [0.1, 0.15) is 5.58 Å². The molecule has 0 N–H and O–H groups in total. The summed E-state index contributed by atoms with van der Waals surface area (Å²) in [6.45, 7) is 0. The van der Waals surface area contributed by atoms with Crippen LogP contribution in [0.15, 0.2) is 210 Å². The van der Waals surface area contributed by atoms with Gasteiger partial charge < -0.3 is 8.98 Å². The summed E-state index contributed by atoms with van der Waals surface area (Å²) in [7, 11) is 0. The number of rotatable bonds is 6. The van der Waals surface area contributed by atoms with E-state index in [2.05, 4.69) is 60.7 Å². The van der Waals surface area contributed by atoms with E-state index in [4.69, 9.17) is 30.3 Å². The molecule has 294 valence electrons. The zero-order valence-electron chi connectivity index (χ0n) is 44.8. The van der Waals surface area contributed by atoms with Crippen LogP contribution < -0.4 is 0 Å². The fraction of sp³-hybridized carbons (Fsp3) is 0. The van der Waals surface area contributed by atoms with Crippen molar-refractivity contribution < 1.29 is 20.9 Å². The van der Waals surface area contributed by atoms with Gasteiger partial charge in [-0.25, -0.2) is 15.0 Å². The Hall–Kier alpha value is -8.19. The van der Waals surface area contributed by atoms with Crippen molar-refractivity contribution in [1.82, 2.24) is 19.5 Å². The summed E-state index contributed by atoms with van der Waals surface area (Å²) >= 11 is 1.63. The van der Waals surface area contributed by atoms with Gasteiger partial charge in [-0.3, -0.25) is 0 Å². The van der Waals surface area contributed by atoms with Crippen LogP contribution in [-0.2, 0) is 0 Å². The molecule has 0 saturated carbocycles. The predicted molar refractivity (Wildman–Crippen MR) is 262 cm³/mol. The lowest BCUT2D eigenvalue weighted by Crippen LogP contribution is -2.00. The predicted octanol–water partition coefficient (Wildman–Crippen LogP) is 15.6. The zero-order valence-corrected chi connectivity index (χ0v) is 33.6. The van der Waals surface area contributed by atoms with Crippen molar-refractivity contribution in [3.63, 3.8) is 0 Å². The molecule has 13 rings (SSSR count). The molecule has 0 radical (unpaired) electrons. The molecule has 13 aromatic rings. The molecule has 0 bridgehead atoms. The summed E-state index contributed by atoms with van der Waals surface area (Å²) in [5, 5.41) is 2.11. The second-order valence-electron chi connectivity index (χ2n) is 15.0. The minimum absolute atomic E-state index is 0.0172. The minimum Gasteiger partial charge on any atom is -0.454 e. The van der Waals surface area contributed by atoms with Crippen LogP contribution in [0.5, 0.6) is 0 Å². The van der Waals surface area contributed by atoms with Gasteiger partial charge >= 0.3 is 0 Å². The molecule has 0 atom stereocenters. The smallest absolute Gasteiger partial charge is 0.164 e. The Kier molecular flexibility index (Phi) is 5.76. The summed E-state index contributed by atoms with van der Waals surface area (Å²) in [6.07, 6.45) is 0. The maximum absolute atomic E-state index is 9.52. The van der Waals surface area contributed by atoms with E-state index < -0.39 is 66.5 Å². The van der Waals surface area contributed by atoms with Crippen LogP contribution in [0, 0.1) is 0 Å². The molecule has 0 unspecified atom stereocenters. The maximum atomic E-state index is 9.52. The molecule has 4 heterocycles. The lowest BCUT2D eigenvalue weighted by atomic mass is 9.97. The molecule has 0 spiro atoms. The fourth-order valence-corrected chi connectivity index (χ4v) is 9.76. The Labute approximate surface area is 382 Å². The third-order valence-electron chi connectivity index (χ3n) is 11.5. The van der Waals surface area contributed by atoms with Gasteiger partial charge in [0.05, 0.1) is 33.2 Å². The van der Waals surface area contributed by atoms with E-state index in [1.54, 1.807) is 11.3 Å². The van der Waals surface area contributed by atoms with Crippen molar-refractivity contribution >= 4 is 75.3 Å². The Bertz CT molecular complexity index is 4620. The first-order chi connectivity index (χ1) is 36.2. The molecular weight excluding hydrogens is 789 g/mol. The van der Waals surface area contributed by atoms with Crippen molar-refractivity contribution in [3.05, 3.63) is 206 Å². The molecule has 5 nitrogen and oxygen atoms in total. The number of aromatic nitrogens is 4. The van der Waals surface area contributed by atoms with E-state index in [1.807, 2.05) is 60.7 Å². The summed E-state index contributed by atoms with van der Waals surface area (Å²) in [5.41, 5.74) is 4.88. The number of thiophene rings is 1. The molecule has 0 aliphatic rings. The third kappa shape index (κ3) is 5.73. The SMILES string of the molecule is [2H]c1cc2c(oc3c([2H])c([2H])c([2H])c(-c4nc(-c5ccccc5)nc(-c5ccc6c(c5)sc5cccc(-c7ccc(-c8ccccc8)cc7)c56)n4)c32)c(-n2c3cc([2H])c([2H])c([2H])c3c3c([2H])c([2H])c([2H])c([2H])c32)c1[2H]. The second-order valence-corrected chi connectivity index (χ2v) is 16.1. The average Bonchev–Trinajstić information content (AvgIpc) is 4.15. The molecule has 0 saturated heterocycles. The van der Waals surface area contributed by atoms with Crippen LogP contribution >= 0.6 is 11.3 Å². The van der Waals surface area contributed by atoms with Crippen LogP contribution in [0.4, 0.5) is 0 Å². The van der Waals surface area contributed by atoms with Crippen LogP contribution in [0.1, 0.15) is 16.4 Å². The summed E-state index contributed by atoms with van der Waals surface area (Å²) in [5.74, 6) is 0.450. The molecular formula is C57H34N4OS. The molecule has 4 aromatic heterocycles. The lowest BCUT2D eigenvalue weighted by molar-refractivity contribution is 0.666. The molecule has 6 heteroatoms. The Morgan fingerprint density at radius 2 is 1.13 bits per heavy atom. The number of furan rings is 1. The number of fused-ring (bicyclic) bond motifs is 9. The van der Waals surface area contributed by atoms with Crippen LogP contribution in [0.2, 0.25) is 0 Å². The van der Waals surface area contributed by atoms with Gasteiger partial charge in [-0.05, 0) is 58.6 Å². The first-order valence-electron chi connectivity index (χ1n) is 26.1. The highest BCUT2D eigenvalue weighted by molar-refractivity contribution is 7.26. The first-order valence-corrected chi connectivity index (χ1v) is 20.9. The van der Waals surface area contributed by atoms with Crippen molar-refractivity contribution in [2.45, 2.75) is 0 Å². The van der Waals surface area contributed by atoms with Gasteiger partial charge in [-0.1, -0.05) is 170 Å². The minimum atomic E-state index is -0.621. The molecule has 0 amide bonds. The maximum Gasteiger partial charge on any atom is 0.164 e. The van der Waals surface area contributed by atoms with Crippen molar-refractivity contribution in [1.29, 1.82) is 0 Å². The summed E-state index contributed by atoms with van der Waals surface area (Å²) in [4.78, 5) is 15.0. The van der Waals surface area contributed by atoms with Crippen molar-refractivity contribution in [3.8, 4) is 62.1 Å². The van der Waals surface area contributed by atoms with E-state index in [9.17, 15) is 5.48 Å². The summed E-state index contributed by atoms with van der Waals surface area (Å²) in [6, 6.07) is 37.0. The second kappa shape index (κ2) is 14.2. The lowest BCUT2D eigenvalue weighted by Gasteiger charge is -2.10. The number of hydrogen-bond acceptors (Lipinski definition) is 5. The van der Waals surface area contributed by atoms with E-state index in [-0.39, 0.29) is 78.5 Å². The summed E-state index contributed by atoms with van der Waals surface area (Å²) < 4.78 is 118. The zero-order chi connectivity index (χ0) is 51.9. The number of hydrogen-bond donors (Lipinski definition) is 0. The normalized spacial score (nSPS) is 14.5. The van der Waals surface area contributed by atoms with Gasteiger partial charge in [0.25, 0.3) is 0 Å². The molecule has 0 aliphatic carbocycles. The van der Waals surface area contributed by atoms with Gasteiger partial charge in [0.2, 0.25) is 0 Å².